The first-order valence-electron chi connectivity index (χ1n) is 12.6. The summed E-state index contributed by atoms with van der Waals surface area (Å²) in [5.74, 6) is -0.611. The van der Waals surface area contributed by atoms with Crippen molar-refractivity contribution >= 4 is 22.8 Å². The maximum Gasteiger partial charge on any atom is 0.416 e. The fourth-order valence-electron chi connectivity index (χ4n) is 4.75. The van der Waals surface area contributed by atoms with Gasteiger partial charge in [0.05, 0.1) is 35.8 Å². The second kappa shape index (κ2) is 10.4. The van der Waals surface area contributed by atoms with E-state index in [2.05, 4.69) is 20.3 Å². The second-order valence-corrected chi connectivity index (χ2v) is 9.92. The highest BCUT2D eigenvalue weighted by Crippen LogP contribution is 2.40. The van der Waals surface area contributed by atoms with E-state index in [-0.39, 0.29) is 53.1 Å². The summed E-state index contributed by atoms with van der Waals surface area (Å²) in [5.41, 5.74) is 0.278. The lowest BCUT2D eigenvalue weighted by Gasteiger charge is -2.34. The molecule has 1 aliphatic carbocycles. The second-order valence-electron chi connectivity index (χ2n) is 9.92. The molecular weight excluding hydrogens is 522 g/mol. The molecule has 208 valence electrons. The number of carbonyl (C=O) groups excluding carboxylic acids is 2. The minimum absolute atomic E-state index is 0.107. The summed E-state index contributed by atoms with van der Waals surface area (Å²) in [5, 5.41) is 11.7. The molecule has 2 aromatic heterocycles. The number of likely N-dealkylation sites (tertiary alicyclic amines) is 1. The quantitative estimate of drug-likeness (QED) is 0.389. The van der Waals surface area contributed by atoms with Crippen LogP contribution < -0.4 is 10.1 Å². The lowest BCUT2D eigenvalue weighted by Crippen LogP contribution is -2.54. The van der Waals surface area contributed by atoms with Crippen LogP contribution in [0.5, 0.6) is 5.75 Å². The van der Waals surface area contributed by atoms with Crippen LogP contribution in [0.25, 0.3) is 22.3 Å². The van der Waals surface area contributed by atoms with Crippen molar-refractivity contribution in [1.82, 2.24) is 25.2 Å². The summed E-state index contributed by atoms with van der Waals surface area (Å²) in [4.78, 5) is 37.6. The number of aromatic nitrogens is 3. The lowest BCUT2D eigenvalue weighted by molar-refractivity contribution is -0.138. The van der Waals surface area contributed by atoms with Gasteiger partial charge in [-0.05, 0) is 50.3 Å². The Balaban J connectivity index is 1.47. The smallest absolute Gasteiger partial charge is 0.416 e. The number of hydrogen-bond donors (Lipinski definition) is 3. The number of carbonyl (C=O) groups is 2. The minimum Gasteiger partial charge on any atom is -0.493 e. The van der Waals surface area contributed by atoms with Crippen LogP contribution in [0.3, 0.4) is 0 Å². The van der Waals surface area contributed by atoms with E-state index in [1.165, 1.54) is 11.0 Å². The molecule has 39 heavy (non-hydrogen) atoms. The van der Waals surface area contributed by atoms with Crippen molar-refractivity contribution in [3.8, 4) is 17.0 Å². The number of aliphatic hydroxyl groups excluding tert-OH is 1. The maximum atomic E-state index is 14.8. The number of H-pyrrole nitrogens is 1. The van der Waals surface area contributed by atoms with E-state index in [1.54, 1.807) is 6.92 Å². The van der Waals surface area contributed by atoms with Gasteiger partial charge in [0.2, 0.25) is 5.91 Å². The van der Waals surface area contributed by atoms with Gasteiger partial charge in [-0.3, -0.25) is 9.59 Å². The molecule has 0 unspecified atom stereocenters. The number of piperidine rings is 1. The molecule has 2 amide bonds. The van der Waals surface area contributed by atoms with Crippen LogP contribution >= 0.6 is 0 Å². The topological polar surface area (TPSA) is 120 Å². The number of benzene rings is 1. The van der Waals surface area contributed by atoms with E-state index < -0.39 is 42.4 Å². The van der Waals surface area contributed by atoms with E-state index in [0.29, 0.717) is 18.2 Å². The number of nitrogens with one attached hydrogen (secondary N) is 2. The van der Waals surface area contributed by atoms with Gasteiger partial charge in [-0.2, -0.15) is 13.2 Å². The molecule has 9 nitrogen and oxygen atoms in total. The number of amides is 2. The van der Waals surface area contributed by atoms with Crippen LogP contribution in [0.1, 0.15) is 40.9 Å². The number of rotatable bonds is 7. The van der Waals surface area contributed by atoms with Gasteiger partial charge in [0.25, 0.3) is 5.91 Å². The molecule has 0 radical (unpaired) electrons. The highest BCUT2D eigenvalue weighted by molar-refractivity contribution is 6.09. The van der Waals surface area contributed by atoms with Gasteiger partial charge < -0.3 is 25.0 Å². The monoisotopic (exact) mass is 549 g/mol. The molecule has 3 heterocycles. The zero-order valence-electron chi connectivity index (χ0n) is 21.0. The average Bonchev–Trinajstić information content (AvgIpc) is 3.67. The minimum atomic E-state index is -4.59. The maximum absolute atomic E-state index is 14.8. The van der Waals surface area contributed by atoms with Gasteiger partial charge in [-0.25, -0.2) is 14.4 Å². The third-order valence-electron chi connectivity index (χ3n) is 7.08. The van der Waals surface area contributed by atoms with Gasteiger partial charge in [0, 0.05) is 17.8 Å². The summed E-state index contributed by atoms with van der Waals surface area (Å²) in [6.45, 7) is 1.16. The number of fused-ring (bicyclic) bond motifs is 1. The predicted octanol–water partition coefficient (Wildman–Crippen LogP) is 3.40. The number of aryl methyl sites for hydroxylation is 1. The van der Waals surface area contributed by atoms with Crippen molar-refractivity contribution in [3.05, 3.63) is 41.3 Å². The zero-order chi connectivity index (χ0) is 27.9. The molecule has 1 saturated heterocycles. The SMILES string of the molecule is Cc1[nH]c2c(-c3cc(C(F)(F)F)ccc3OCC3CC3)ncnc2c1C(=O)N[C@H]1CCN(C(=O)CO)C[C@@H]1F. The first kappa shape index (κ1) is 26.9. The standard InChI is InChI=1S/C26H27F4N5O4/c1-13-21(25(38)34-18-6-7-35(9-17(18)27)20(37)10-36)23-24(33-13)22(31-12-32-23)16-8-15(26(28,29)30)4-5-19(16)39-11-14-2-3-14/h4-5,8,12,14,17-18,33,36H,2-3,6-7,9-11H2,1H3,(H,34,38)/t17-,18-/m0/s1. The van der Waals surface area contributed by atoms with Gasteiger partial charge >= 0.3 is 6.18 Å². The van der Waals surface area contributed by atoms with Gasteiger partial charge in [0.15, 0.2) is 0 Å². The third-order valence-corrected chi connectivity index (χ3v) is 7.08. The Morgan fingerprint density at radius 2 is 2.00 bits per heavy atom. The first-order chi connectivity index (χ1) is 18.6. The van der Waals surface area contributed by atoms with Crippen LogP contribution in [0, 0.1) is 12.8 Å². The molecule has 3 aromatic rings. The molecule has 0 bridgehead atoms. The van der Waals surface area contributed by atoms with Crippen molar-refractivity contribution in [3.63, 3.8) is 0 Å². The molecule has 2 fully saturated rings. The summed E-state index contributed by atoms with van der Waals surface area (Å²) < 4.78 is 61.3. The Bertz CT molecular complexity index is 1400. The van der Waals surface area contributed by atoms with E-state index in [4.69, 9.17) is 9.84 Å². The molecule has 13 heteroatoms. The van der Waals surface area contributed by atoms with E-state index in [0.717, 1.165) is 31.3 Å². The number of aromatic amines is 1. The van der Waals surface area contributed by atoms with Gasteiger partial charge in [-0.1, -0.05) is 0 Å². The normalized spacial score (nSPS) is 19.8. The van der Waals surface area contributed by atoms with Gasteiger partial charge in [-0.15, -0.1) is 0 Å². The Kier molecular flexibility index (Phi) is 7.19. The number of alkyl halides is 4. The van der Waals surface area contributed by atoms with Gasteiger partial charge in [0.1, 0.15) is 36.1 Å². The zero-order valence-corrected chi connectivity index (χ0v) is 21.0. The molecule has 1 aliphatic heterocycles. The largest absolute Gasteiger partial charge is 0.493 e. The Morgan fingerprint density at radius 1 is 1.23 bits per heavy atom. The van der Waals surface area contributed by atoms with Crippen LogP contribution in [0.4, 0.5) is 17.6 Å². The molecule has 2 aliphatic rings. The third kappa shape index (κ3) is 5.54. The van der Waals surface area contributed by atoms with E-state index in [1.807, 2.05) is 0 Å². The lowest BCUT2D eigenvalue weighted by atomic mass is 10.0. The van der Waals surface area contributed by atoms with Crippen LogP contribution in [-0.4, -0.2) is 75.3 Å². The summed E-state index contributed by atoms with van der Waals surface area (Å²) >= 11 is 0. The van der Waals surface area contributed by atoms with E-state index in [9.17, 15) is 27.2 Å². The number of ether oxygens (including phenoxy) is 1. The number of halogens is 4. The van der Waals surface area contributed by atoms with Crippen molar-refractivity contribution in [1.29, 1.82) is 0 Å². The molecular formula is C26H27F4N5O4. The highest BCUT2D eigenvalue weighted by atomic mass is 19.4. The first-order valence-corrected chi connectivity index (χ1v) is 12.6. The van der Waals surface area contributed by atoms with Crippen molar-refractivity contribution < 1.29 is 37.0 Å². The van der Waals surface area contributed by atoms with Crippen LogP contribution in [0.2, 0.25) is 0 Å². The number of aliphatic hydroxyl groups is 1. The average molecular weight is 550 g/mol. The molecule has 0 spiro atoms. The molecule has 1 aromatic carbocycles. The Morgan fingerprint density at radius 3 is 2.67 bits per heavy atom. The van der Waals surface area contributed by atoms with Crippen LogP contribution in [-0.2, 0) is 11.0 Å². The highest BCUT2D eigenvalue weighted by Gasteiger charge is 2.35. The molecule has 2 atom stereocenters. The molecule has 1 saturated carbocycles. The van der Waals surface area contributed by atoms with Crippen molar-refractivity contribution in [2.24, 2.45) is 5.92 Å². The molecule has 5 rings (SSSR count). The Labute approximate surface area is 220 Å². The van der Waals surface area contributed by atoms with Crippen molar-refractivity contribution in [2.75, 3.05) is 26.3 Å². The summed E-state index contributed by atoms with van der Waals surface area (Å²) in [6, 6.07) is 2.31. The Hall–Kier alpha value is -3.74. The van der Waals surface area contributed by atoms with Crippen molar-refractivity contribution in [2.45, 2.75) is 44.6 Å². The number of hydrogen-bond acceptors (Lipinski definition) is 6. The summed E-state index contributed by atoms with van der Waals surface area (Å²) in [7, 11) is 0. The fraction of sp³-hybridized carbons (Fsp3) is 0.462. The van der Waals surface area contributed by atoms with Crippen LogP contribution in [0.15, 0.2) is 24.5 Å². The summed E-state index contributed by atoms with van der Waals surface area (Å²) in [6.07, 6.45) is -2.84. The van der Waals surface area contributed by atoms with E-state index >= 15 is 0 Å². The predicted molar refractivity (Wildman–Crippen MR) is 132 cm³/mol. The number of nitrogens with zero attached hydrogens (tertiary/aromatic N) is 3. The molecule has 3 N–H and O–H groups in total. The fourth-order valence-corrected chi connectivity index (χ4v) is 4.75.